The minimum absolute atomic E-state index is 0.574. The van der Waals surface area contributed by atoms with E-state index in [9.17, 15) is 0 Å². The van der Waals surface area contributed by atoms with E-state index in [0.29, 0.717) is 5.82 Å². The first kappa shape index (κ1) is 21.1. The molecule has 0 spiro atoms. The van der Waals surface area contributed by atoms with Crippen molar-refractivity contribution in [1.29, 1.82) is 0 Å². The first-order chi connectivity index (χ1) is 18.3. The van der Waals surface area contributed by atoms with E-state index in [0.717, 1.165) is 34.0 Å². The van der Waals surface area contributed by atoms with Gasteiger partial charge in [-0.05, 0) is 54.6 Å². The Morgan fingerprint density at radius 3 is 1.65 bits per heavy atom. The highest BCUT2D eigenvalue weighted by Gasteiger charge is 2.14. The van der Waals surface area contributed by atoms with Gasteiger partial charge < -0.3 is 4.57 Å². The lowest BCUT2D eigenvalue weighted by atomic mass is 10.1. The molecular weight excluding hydrogens is 454 g/mol. The molecule has 37 heavy (non-hydrogen) atoms. The minimum Gasteiger partial charge on any atom is -0.309 e. The number of hydrogen-bond acceptors (Lipinski definition) is 4. The van der Waals surface area contributed by atoms with Crippen molar-refractivity contribution in [3.05, 3.63) is 128 Å². The van der Waals surface area contributed by atoms with Gasteiger partial charge in [0.2, 0.25) is 0 Å². The van der Waals surface area contributed by atoms with E-state index >= 15 is 0 Å². The molecule has 7 rings (SSSR count). The van der Waals surface area contributed by atoms with Crippen LogP contribution < -0.4 is 0 Å². The fraction of sp³-hybridized carbons (Fsp3) is 0. The average molecular weight is 476 g/mol. The molecule has 0 unspecified atom stereocenters. The number of pyridine rings is 2. The van der Waals surface area contributed by atoms with Gasteiger partial charge in [-0.1, -0.05) is 60.7 Å². The number of fused-ring (bicyclic) bond motifs is 3. The third kappa shape index (κ3) is 3.74. The van der Waals surface area contributed by atoms with Crippen molar-refractivity contribution < 1.29 is 0 Å². The Labute approximate surface area is 213 Å². The van der Waals surface area contributed by atoms with Gasteiger partial charge in [-0.25, -0.2) is 9.97 Å². The molecule has 0 fully saturated rings. The molecule has 0 bridgehead atoms. The van der Waals surface area contributed by atoms with E-state index in [1.54, 1.807) is 12.4 Å². The number of nitrogens with zero attached hydrogens (tertiary/aromatic N) is 5. The summed E-state index contributed by atoms with van der Waals surface area (Å²) in [6, 6.07) is 39.2. The topological polar surface area (TPSA) is 56.5 Å². The molecule has 3 aromatic carbocycles. The first-order valence-electron chi connectivity index (χ1n) is 12.2. The fourth-order valence-corrected chi connectivity index (χ4v) is 4.83. The van der Waals surface area contributed by atoms with Crippen molar-refractivity contribution >= 4 is 21.8 Å². The number of para-hydroxylation sites is 2. The summed E-state index contributed by atoms with van der Waals surface area (Å²) in [6.45, 7) is 0. The number of rotatable bonds is 4. The van der Waals surface area contributed by atoms with E-state index in [2.05, 4.69) is 87.3 Å². The summed E-state index contributed by atoms with van der Waals surface area (Å²) < 4.78 is 2.31. The van der Waals surface area contributed by atoms with Gasteiger partial charge in [0, 0.05) is 34.4 Å². The van der Waals surface area contributed by atoms with Crippen LogP contribution in [-0.2, 0) is 0 Å². The molecule has 0 aliphatic carbocycles. The Morgan fingerprint density at radius 2 is 1.03 bits per heavy atom. The second kappa shape index (κ2) is 8.81. The van der Waals surface area contributed by atoms with Crippen LogP contribution in [0.4, 0.5) is 0 Å². The Kier molecular flexibility index (Phi) is 5.03. The van der Waals surface area contributed by atoms with E-state index in [4.69, 9.17) is 9.97 Å². The van der Waals surface area contributed by atoms with Crippen molar-refractivity contribution in [3.63, 3.8) is 0 Å². The van der Waals surface area contributed by atoms with Crippen molar-refractivity contribution in [2.75, 3.05) is 0 Å². The maximum atomic E-state index is 4.88. The summed E-state index contributed by atoms with van der Waals surface area (Å²) in [6.07, 6.45) is 3.53. The zero-order valence-corrected chi connectivity index (χ0v) is 19.9. The SMILES string of the molecule is c1ccc(-c2cc(-c3ccc(-n4c5ccccc5c5ccccc54)cc3)nc(-c3ccccn3)n2)nc1. The maximum absolute atomic E-state index is 4.88. The van der Waals surface area contributed by atoms with E-state index in [1.807, 2.05) is 42.5 Å². The second-order valence-corrected chi connectivity index (χ2v) is 8.81. The minimum atomic E-state index is 0.574. The molecule has 0 saturated heterocycles. The zero-order chi connectivity index (χ0) is 24.6. The van der Waals surface area contributed by atoms with E-state index in [1.165, 1.54) is 21.8 Å². The molecule has 0 radical (unpaired) electrons. The lowest BCUT2D eigenvalue weighted by Gasteiger charge is -2.11. The van der Waals surface area contributed by atoms with Crippen LogP contribution in [0.1, 0.15) is 0 Å². The van der Waals surface area contributed by atoms with Gasteiger partial charge in [-0.3, -0.25) is 9.97 Å². The van der Waals surface area contributed by atoms with Crippen LogP contribution in [0.3, 0.4) is 0 Å². The summed E-state index contributed by atoms with van der Waals surface area (Å²) >= 11 is 0. The molecule has 4 aromatic heterocycles. The normalized spacial score (nSPS) is 11.2. The fourth-order valence-electron chi connectivity index (χ4n) is 4.83. The Bertz CT molecular complexity index is 1750. The lowest BCUT2D eigenvalue weighted by molar-refractivity contribution is 1.13. The summed E-state index contributed by atoms with van der Waals surface area (Å²) in [5.74, 6) is 0.574. The highest BCUT2D eigenvalue weighted by Crippen LogP contribution is 2.33. The monoisotopic (exact) mass is 475 g/mol. The number of aromatic nitrogens is 5. The molecule has 0 aliphatic heterocycles. The maximum Gasteiger partial charge on any atom is 0.179 e. The van der Waals surface area contributed by atoms with Crippen LogP contribution in [0, 0.1) is 0 Å². The van der Waals surface area contributed by atoms with Crippen LogP contribution in [0.5, 0.6) is 0 Å². The van der Waals surface area contributed by atoms with Gasteiger partial charge in [0.25, 0.3) is 0 Å². The van der Waals surface area contributed by atoms with E-state index in [-0.39, 0.29) is 0 Å². The summed E-state index contributed by atoms with van der Waals surface area (Å²) in [5.41, 5.74) is 7.59. The van der Waals surface area contributed by atoms with Crippen LogP contribution in [0.25, 0.3) is 61.7 Å². The molecule has 5 nitrogen and oxygen atoms in total. The standard InChI is InChI=1S/C32H21N5/c1-3-13-30-24(9-1)25-10-2-4-14-31(25)37(30)23-17-15-22(16-18-23)28-21-29(26-11-5-7-19-33-26)36-32(35-28)27-12-6-8-20-34-27/h1-21H. The number of benzene rings is 3. The highest BCUT2D eigenvalue weighted by atomic mass is 15.0. The second-order valence-electron chi connectivity index (χ2n) is 8.81. The summed E-state index contributed by atoms with van der Waals surface area (Å²) in [5, 5.41) is 2.50. The Balaban J connectivity index is 1.37. The third-order valence-corrected chi connectivity index (χ3v) is 6.55. The number of hydrogen-bond donors (Lipinski definition) is 0. The predicted molar refractivity (Wildman–Crippen MR) is 148 cm³/mol. The van der Waals surface area contributed by atoms with Crippen molar-refractivity contribution in [3.8, 4) is 39.9 Å². The van der Waals surface area contributed by atoms with Crippen molar-refractivity contribution in [2.45, 2.75) is 0 Å². The quantitative estimate of drug-likeness (QED) is 0.267. The van der Waals surface area contributed by atoms with Crippen LogP contribution in [0.2, 0.25) is 0 Å². The molecule has 0 aliphatic rings. The zero-order valence-electron chi connectivity index (χ0n) is 19.9. The molecule has 0 amide bonds. The molecule has 5 heteroatoms. The Hall–Kier alpha value is -5.16. The van der Waals surface area contributed by atoms with Gasteiger partial charge >= 0.3 is 0 Å². The molecule has 7 aromatic rings. The predicted octanol–water partition coefficient (Wildman–Crippen LogP) is 7.36. The smallest absolute Gasteiger partial charge is 0.179 e. The van der Waals surface area contributed by atoms with Crippen molar-refractivity contribution in [2.24, 2.45) is 0 Å². The molecule has 0 saturated carbocycles. The van der Waals surface area contributed by atoms with Gasteiger partial charge in [0.15, 0.2) is 5.82 Å². The van der Waals surface area contributed by atoms with Crippen LogP contribution in [0.15, 0.2) is 128 Å². The average Bonchev–Trinajstić information content (AvgIpc) is 3.32. The van der Waals surface area contributed by atoms with Crippen LogP contribution in [-0.4, -0.2) is 24.5 Å². The third-order valence-electron chi connectivity index (χ3n) is 6.55. The Morgan fingerprint density at radius 1 is 0.459 bits per heavy atom. The van der Waals surface area contributed by atoms with Crippen molar-refractivity contribution in [1.82, 2.24) is 24.5 Å². The molecular formula is C32H21N5. The summed E-state index contributed by atoms with van der Waals surface area (Å²) in [7, 11) is 0. The molecule has 0 atom stereocenters. The van der Waals surface area contributed by atoms with E-state index < -0.39 is 0 Å². The molecule has 4 heterocycles. The largest absolute Gasteiger partial charge is 0.309 e. The first-order valence-corrected chi connectivity index (χ1v) is 12.2. The van der Waals surface area contributed by atoms with Gasteiger partial charge in [0.1, 0.15) is 5.69 Å². The highest BCUT2D eigenvalue weighted by molar-refractivity contribution is 6.09. The summed E-state index contributed by atoms with van der Waals surface area (Å²) in [4.78, 5) is 18.7. The lowest BCUT2D eigenvalue weighted by Crippen LogP contribution is -1.98. The van der Waals surface area contributed by atoms with Gasteiger partial charge in [-0.15, -0.1) is 0 Å². The molecule has 174 valence electrons. The molecule has 0 N–H and O–H groups in total. The van der Waals surface area contributed by atoms with Gasteiger partial charge in [-0.2, -0.15) is 0 Å². The van der Waals surface area contributed by atoms with Crippen LogP contribution >= 0.6 is 0 Å². The van der Waals surface area contributed by atoms with Gasteiger partial charge in [0.05, 0.1) is 28.1 Å².